The van der Waals surface area contributed by atoms with Crippen LogP contribution in [0.4, 0.5) is 11.4 Å². The molecule has 0 bridgehead atoms. The van der Waals surface area contributed by atoms with Gasteiger partial charge in [0.1, 0.15) is 5.75 Å². The minimum atomic E-state index is -0.205. The number of anilines is 2. The first-order chi connectivity index (χ1) is 14.6. The quantitative estimate of drug-likeness (QED) is 0.701. The molecule has 1 fully saturated rings. The van der Waals surface area contributed by atoms with E-state index in [-0.39, 0.29) is 30.4 Å². The van der Waals surface area contributed by atoms with Gasteiger partial charge in [-0.25, -0.2) is 0 Å². The lowest BCUT2D eigenvalue weighted by Gasteiger charge is -2.32. The highest BCUT2D eigenvalue weighted by atomic mass is 16.5. The molecule has 0 saturated carbocycles. The van der Waals surface area contributed by atoms with Crippen LogP contribution in [0.2, 0.25) is 0 Å². The van der Waals surface area contributed by atoms with Crippen molar-refractivity contribution in [2.24, 2.45) is 0 Å². The molecule has 156 valence electrons. The van der Waals surface area contributed by atoms with Crippen LogP contribution in [-0.4, -0.2) is 54.9 Å². The van der Waals surface area contributed by atoms with E-state index in [1.165, 1.54) is 0 Å². The number of piperidine rings is 1. The molecule has 0 unspecified atom stereocenters. The van der Waals surface area contributed by atoms with Gasteiger partial charge in [0.05, 0.1) is 12.2 Å². The smallest absolute Gasteiger partial charge is 0.262 e. The predicted molar refractivity (Wildman–Crippen MR) is 113 cm³/mol. The van der Waals surface area contributed by atoms with Crippen LogP contribution >= 0.6 is 0 Å². The van der Waals surface area contributed by atoms with Gasteiger partial charge in [0.25, 0.3) is 11.8 Å². The van der Waals surface area contributed by atoms with Gasteiger partial charge in [0.2, 0.25) is 5.91 Å². The van der Waals surface area contributed by atoms with Crippen molar-refractivity contribution in [2.45, 2.75) is 18.9 Å². The number of likely N-dealkylation sites (tertiary alicyclic amines) is 1. The number of ether oxygens (including phenoxy) is 1. The van der Waals surface area contributed by atoms with Crippen LogP contribution in [0.1, 0.15) is 23.2 Å². The molecule has 0 aromatic heterocycles. The van der Waals surface area contributed by atoms with E-state index in [1.54, 1.807) is 18.2 Å². The van der Waals surface area contributed by atoms with Gasteiger partial charge in [-0.1, -0.05) is 18.2 Å². The molecule has 2 aromatic carbocycles. The second-order valence-corrected chi connectivity index (χ2v) is 7.49. The summed E-state index contributed by atoms with van der Waals surface area (Å²) in [6.07, 6.45) is 1.56. The Kier molecular flexibility index (Phi) is 5.94. The Morgan fingerprint density at radius 3 is 2.63 bits per heavy atom. The third-order valence-electron chi connectivity index (χ3n) is 5.22. The fraction of sp³-hybridized carbons (Fsp3) is 0.318. The van der Waals surface area contributed by atoms with Crippen LogP contribution in [0.15, 0.2) is 48.5 Å². The summed E-state index contributed by atoms with van der Waals surface area (Å²) in [6.45, 7) is 1.77. The van der Waals surface area contributed by atoms with Crippen molar-refractivity contribution < 1.29 is 19.1 Å². The standard InChI is InChI=1S/C22H24N4O4/c27-20(23-16-4-2-1-3-5-16)13-26-10-8-17(9-11-26)24-22(29)15-6-7-18-19(12-15)30-14-21(28)25-18/h1-7,12,17H,8-11,13-14H2,(H,23,27)(H,24,29)(H,25,28). The molecule has 4 rings (SSSR count). The van der Waals surface area contributed by atoms with Crippen molar-refractivity contribution in [1.82, 2.24) is 10.2 Å². The fourth-order valence-corrected chi connectivity index (χ4v) is 3.65. The molecule has 0 aliphatic carbocycles. The number of nitrogens with zero attached hydrogens (tertiary/aromatic N) is 1. The van der Waals surface area contributed by atoms with Crippen molar-refractivity contribution in [3.8, 4) is 5.75 Å². The van der Waals surface area contributed by atoms with Gasteiger partial charge in [-0.05, 0) is 43.2 Å². The number of carbonyl (C=O) groups is 3. The topological polar surface area (TPSA) is 99.8 Å². The van der Waals surface area contributed by atoms with Crippen LogP contribution in [0.3, 0.4) is 0 Å². The third-order valence-corrected chi connectivity index (χ3v) is 5.22. The Hall–Kier alpha value is -3.39. The minimum absolute atomic E-state index is 0.0372. The average molecular weight is 408 g/mol. The molecule has 0 radical (unpaired) electrons. The maximum atomic E-state index is 12.6. The van der Waals surface area contributed by atoms with Gasteiger partial charge in [0.15, 0.2) is 6.61 Å². The fourth-order valence-electron chi connectivity index (χ4n) is 3.65. The third kappa shape index (κ3) is 4.96. The molecule has 8 heteroatoms. The van der Waals surface area contributed by atoms with E-state index in [0.717, 1.165) is 31.6 Å². The van der Waals surface area contributed by atoms with Gasteiger partial charge in [0, 0.05) is 30.4 Å². The summed E-state index contributed by atoms with van der Waals surface area (Å²) >= 11 is 0. The lowest BCUT2D eigenvalue weighted by atomic mass is 10.0. The normalized spacial score (nSPS) is 16.7. The molecule has 2 aromatic rings. The molecule has 2 aliphatic rings. The van der Waals surface area contributed by atoms with Crippen LogP contribution in [0.5, 0.6) is 5.75 Å². The first-order valence-corrected chi connectivity index (χ1v) is 10.0. The van der Waals surface area contributed by atoms with Crippen molar-refractivity contribution in [3.05, 3.63) is 54.1 Å². The minimum Gasteiger partial charge on any atom is -0.482 e. The molecule has 0 atom stereocenters. The lowest BCUT2D eigenvalue weighted by molar-refractivity contribution is -0.119. The number of hydrogen-bond acceptors (Lipinski definition) is 5. The van der Waals surface area contributed by atoms with Crippen LogP contribution in [0.25, 0.3) is 0 Å². The number of amides is 3. The van der Waals surface area contributed by atoms with E-state index in [0.29, 0.717) is 23.5 Å². The van der Waals surface area contributed by atoms with E-state index in [9.17, 15) is 14.4 Å². The van der Waals surface area contributed by atoms with Gasteiger partial charge in [-0.15, -0.1) is 0 Å². The Labute approximate surface area is 174 Å². The first-order valence-electron chi connectivity index (χ1n) is 10.0. The molecule has 3 N–H and O–H groups in total. The summed E-state index contributed by atoms with van der Waals surface area (Å²) in [7, 11) is 0. The number of fused-ring (bicyclic) bond motifs is 1. The summed E-state index contributed by atoms with van der Waals surface area (Å²) in [4.78, 5) is 38.2. The number of hydrogen-bond donors (Lipinski definition) is 3. The van der Waals surface area contributed by atoms with Gasteiger partial charge in [-0.2, -0.15) is 0 Å². The first kappa shape index (κ1) is 19.9. The van der Waals surface area contributed by atoms with E-state index in [4.69, 9.17) is 4.74 Å². The van der Waals surface area contributed by atoms with Gasteiger partial charge in [-0.3, -0.25) is 19.3 Å². The van der Waals surface area contributed by atoms with E-state index < -0.39 is 0 Å². The van der Waals surface area contributed by atoms with Gasteiger partial charge < -0.3 is 20.7 Å². The van der Waals surface area contributed by atoms with Crippen molar-refractivity contribution in [2.75, 3.05) is 36.9 Å². The monoisotopic (exact) mass is 408 g/mol. The maximum absolute atomic E-state index is 12.6. The second-order valence-electron chi connectivity index (χ2n) is 7.49. The summed E-state index contributed by atoms with van der Waals surface area (Å²) in [5.74, 6) is 0.0915. The molecule has 2 aliphatic heterocycles. The molecular weight excluding hydrogens is 384 g/mol. The highest BCUT2D eigenvalue weighted by Crippen LogP contribution is 2.28. The molecule has 30 heavy (non-hydrogen) atoms. The summed E-state index contributed by atoms with van der Waals surface area (Å²) < 4.78 is 5.37. The Balaban J connectivity index is 1.24. The largest absolute Gasteiger partial charge is 0.482 e. The molecule has 1 saturated heterocycles. The summed E-state index contributed by atoms with van der Waals surface area (Å²) in [6, 6.07) is 14.4. The number of rotatable bonds is 5. The molecule has 3 amide bonds. The van der Waals surface area contributed by atoms with E-state index in [2.05, 4.69) is 20.9 Å². The lowest BCUT2D eigenvalue weighted by Crippen LogP contribution is -2.46. The molecule has 0 spiro atoms. The van der Waals surface area contributed by atoms with Crippen LogP contribution in [0, 0.1) is 0 Å². The summed E-state index contributed by atoms with van der Waals surface area (Å²) in [5, 5.41) is 8.66. The summed E-state index contributed by atoms with van der Waals surface area (Å²) in [5.41, 5.74) is 1.86. The van der Waals surface area contributed by atoms with E-state index in [1.807, 2.05) is 30.3 Å². The molecule has 8 nitrogen and oxygen atoms in total. The maximum Gasteiger partial charge on any atom is 0.262 e. The van der Waals surface area contributed by atoms with Crippen LogP contribution in [-0.2, 0) is 9.59 Å². The van der Waals surface area contributed by atoms with Crippen molar-refractivity contribution in [1.29, 1.82) is 0 Å². The average Bonchev–Trinajstić information content (AvgIpc) is 2.75. The Morgan fingerprint density at radius 1 is 1.10 bits per heavy atom. The van der Waals surface area contributed by atoms with E-state index >= 15 is 0 Å². The Morgan fingerprint density at radius 2 is 1.87 bits per heavy atom. The molecule has 2 heterocycles. The number of para-hydroxylation sites is 1. The predicted octanol–water partition coefficient (Wildman–Crippen LogP) is 1.85. The van der Waals surface area contributed by atoms with Crippen molar-refractivity contribution in [3.63, 3.8) is 0 Å². The number of nitrogens with one attached hydrogen (secondary N) is 3. The van der Waals surface area contributed by atoms with Crippen molar-refractivity contribution >= 4 is 29.1 Å². The highest BCUT2D eigenvalue weighted by Gasteiger charge is 2.23. The zero-order chi connectivity index (χ0) is 20.9. The zero-order valence-corrected chi connectivity index (χ0v) is 16.5. The number of carbonyl (C=O) groups excluding carboxylic acids is 3. The van der Waals surface area contributed by atoms with Gasteiger partial charge >= 0.3 is 0 Å². The zero-order valence-electron chi connectivity index (χ0n) is 16.5. The SMILES string of the molecule is O=C(CN1CCC(NC(=O)c2ccc3c(c2)OCC(=O)N3)CC1)Nc1ccccc1. The van der Waals surface area contributed by atoms with Crippen LogP contribution < -0.4 is 20.7 Å². The second kappa shape index (κ2) is 8.96. The molecular formula is C22H24N4O4. The highest BCUT2D eigenvalue weighted by molar-refractivity contribution is 5.99. The number of benzene rings is 2. The Bertz CT molecular complexity index is 939.